The average Bonchev–Trinajstić information content (AvgIpc) is 2.36. The Hall–Kier alpha value is -0.860. The van der Waals surface area contributed by atoms with E-state index < -0.39 is 0 Å². The molecule has 1 nitrogen and oxygen atoms in total. The quantitative estimate of drug-likeness (QED) is 0.812. The molecule has 98 valence electrons. The van der Waals surface area contributed by atoms with E-state index in [9.17, 15) is 4.39 Å². The third-order valence-electron chi connectivity index (χ3n) is 3.42. The van der Waals surface area contributed by atoms with Crippen molar-refractivity contribution in [2.45, 2.75) is 44.6 Å². The van der Waals surface area contributed by atoms with Gasteiger partial charge in [0.25, 0.3) is 0 Å². The van der Waals surface area contributed by atoms with E-state index in [4.69, 9.17) is 17.3 Å². The lowest BCUT2D eigenvalue weighted by Crippen LogP contribution is -2.24. The van der Waals surface area contributed by atoms with Gasteiger partial charge in [0.2, 0.25) is 0 Å². The highest BCUT2D eigenvalue weighted by Crippen LogP contribution is 2.23. The summed E-state index contributed by atoms with van der Waals surface area (Å²) in [7, 11) is 0. The molecule has 0 saturated carbocycles. The maximum absolute atomic E-state index is 13.7. The van der Waals surface area contributed by atoms with Crippen LogP contribution in [0.15, 0.2) is 29.8 Å². The highest BCUT2D eigenvalue weighted by atomic mass is 35.5. The molecule has 2 rings (SSSR count). The number of halogens is 2. The van der Waals surface area contributed by atoms with E-state index in [1.165, 1.54) is 18.4 Å². The molecular formula is C15H19ClFN. The number of rotatable bonds is 4. The van der Waals surface area contributed by atoms with E-state index in [2.05, 4.69) is 6.08 Å². The molecule has 1 aromatic carbocycles. The summed E-state index contributed by atoms with van der Waals surface area (Å²) in [6.07, 6.45) is 8.54. The Morgan fingerprint density at radius 2 is 2.11 bits per heavy atom. The van der Waals surface area contributed by atoms with Gasteiger partial charge in [0.15, 0.2) is 0 Å². The van der Waals surface area contributed by atoms with Gasteiger partial charge in [-0.15, -0.1) is 0 Å². The third-order valence-corrected chi connectivity index (χ3v) is 3.71. The first-order chi connectivity index (χ1) is 8.66. The minimum absolute atomic E-state index is 0.0256. The topological polar surface area (TPSA) is 26.0 Å². The molecule has 0 saturated heterocycles. The van der Waals surface area contributed by atoms with Crippen LogP contribution in [0.3, 0.4) is 0 Å². The molecule has 0 spiro atoms. The van der Waals surface area contributed by atoms with Crippen LogP contribution in [-0.2, 0) is 6.42 Å². The molecule has 2 N–H and O–H groups in total. The average molecular weight is 268 g/mol. The first-order valence-electron chi connectivity index (χ1n) is 6.53. The second-order valence-corrected chi connectivity index (χ2v) is 5.40. The van der Waals surface area contributed by atoms with Crippen molar-refractivity contribution in [1.82, 2.24) is 0 Å². The summed E-state index contributed by atoms with van der Waals surface area (Å²) in [4.78, 5) is 0. The number of benzene rings is 1. The van der Waals surface area contributed by atoms with Crippen molar-refractivity contribution in [3.63, 3.8) is 0 Å². The Labute approximate surface area is 113 Å². The highest BCUT2D eigenvalue weighted by molar-refractivity contribution is 6.30. The van der Waals surface area contributed by atoms with Crippen LogP contribution in [0.4, 0.5) is 4.39 Å². The van der Waals surface area contributed by atoms with Crippen molar-refractivity contribution in [1.29, 1.82) is 0 Å². The molecule has 0 fully saturated rings. The molecule has 1 aromatic rings. The Bertz CT molecular complexity index is 442. The summed E-state index contributed by atoms with van der Waals surface area (Å²) >= 11 is 5.76. The van der Waals surface area contributed by atoms with E-state index >= 15 is 0 Å². The van der Waals surface area contributed by atoms with Gasteiger partial charge < -0.3 is 5.73 Å². The van der Waals surface area contributed by atoms with E-state index in [-0.39, 0.29) is 16.9 Å². The SMILES string of the molecule is NC(CC1=CCCCC1)Cc1cccc(Cl)c1F. The van der Waals surface area contributed by atoms with Crippen LogP contribution in [0.1, 0.15) is 37.7 Å². The van der Waals surface area contributed by atoms with Gasteiger partial charge in [-0.05, 0) is 50.2 Å². The second-order valence-electron chi connectivity index (χ2n) is 4.99. The van der Waals surface area contributed by atoms with Crippen LogP contribution < -0.4 is 5.73 Å². The van der Waals surface area contributed by atoms with Crippen molar-refractivity contribution >= 4 is 11.6 Å². The van der Waals surface area contributed by atoms with Gasteiger partial charge in [0.1, 0.15) is 5.82 Å². The summed E-state index contributed by atoms with van der Waals surface area (Å²) in [5, 5.41) is 0.177. The first kappa shape index (κ1) is 13.6. The lowest BCUT2D eigenvalue weighted by molar-refractivity contribution is 0.570. The van der Waals surface area contributed by atoms with Gasteiger partial charge in [-0.3, -0.25) is 0 Å². The summed E-state index contributed by atoms with van der Waals surface area (Å²) in [5.74, 6) is -0.327. The van der Waals surface area contributed by atoms with Gasteiger partial charge in [-0.1, -0.05) is 35.4 Å². The maximum Gasteiger partial charge on any atom is 0.145 e. The summed E-state index contributed by atoms with van der Waals surface area (Å²) < 4.78 is 13.7. The molecule has 18 heavy (non-hydrogen) atoms. The van der Waals surface area contributed by atoms with Crippen molar-refractivity contribution < 1.29 is 4.39 Å². The van der Waals surface area contributed by atoms with Crippen molar-refractivity contribution in [3.8, 4) is 0 Å². The third kappa shape index (κ3) is 3.56. The molecule has 1 aliphatic rings. The molecule has 1 unspecified atom stereocenters. The molecule has 0 aliphatic heterocycles. The van der Waals surface area contributed by atoms with Crippen molar-refractivity contribution in [2.24, 2.45) is 5.73 Å². The largest absolute Gasteiger partial charge is 0.327 e. The molecular weight excluding hydrogens is 249 g/mol. The Morgan fingerprint density at radius 3 is 2.83 bits per heavy atom. The molecule has 0 aromatic heterocycles. The molecule has 0 heterocycles. The summed E-state index contributed by atoms with van der Waals surface area (Å²) in [6.45, 7) is 0. The maximum atomic E-state index is 13.7. The predicted octanol–water partition coefficient (Wildman–Crippen LogP) is 4.24. The van der Waals surface area contributed by atoms with Crippen molar-refractivity contribution in [3.05, 3.63) is 46.3 Å². The second kappa shape index (κ2) is 6.35. The highest BCUT2D eigenvalue weighted by Gasteiger charge is 2.13. The normalized spacial score (nSPS) is 17.4. The first-order valence-corrected chi connectivity index (χ1v) is 6.91. The van der Waals surface area contributed by atoms with Crippen LogP contribution in [0, 0.1) is 5.82 Å². The standard InChI is InChI=1S/C15H19ClFN/c16-14-8-4-7-12(15(14)17)10-13(18)9-11-5-2-1-3-6-11/h4-5,7-8,13H,1-3,6,9-10,18H2. The molecule has 1 atom stereocenters. The van der Waals surface area contributed by atoms with Crippen LogP contribution >= 0.6 is 11.6 Å². The number of allylic oxidation sites excluding steroid dienone is 1. The van der Waals surface area contributed by atoms with Crippen LogP contribution in [-0.4, -0.2) is 6.04 Å². The monoisotopic (exact) mass is 267 g/mol. The molecule has 1 aliphatic carbocycles. The molecule has 0 amide bonds. The molecule has 3 heteroatoms. The number of hydrogen-bond acceptors (Lipinski definition) is 1. The van der Waals surface area contributed by atoms with Gasteiger partial charge >= 0.3 is 0 Å². The van der Waals surface area contributed by atoms with Crippen LogP contribution in [0.5, 0.6) is 0 Å². The summed E-state index contributed by atoms with van der Waals surface area (Å²) in [5.41, 5.74) is 8.15. The predicted molar refractivity (Wildman–Crippen MR) is 74.3 cm³/mol. The zero-order valence-corrected chi connectivity index (χ0v) is 11.2. The van der Waals surface area contributed by atoms with E-state index in [0.29, 0.717) is 12.0 Å². The minimum Gasteiger partial charge on any atom is -0.327 e. The fourth-order valence-corrected chi connectivity index (χ4v) is 2.68. The van der Waals surface area contributed by atoms with Crippen LogP contribution in [0.25, 0.3) is 0 Å². The minimum atomic E-state index is -0.327. The number of nitrogens with two attached hydrogens (primary N) is 1. The Morgan fingerprint density at radius 1 is 1.28 bits per heavy atom. The van der Waals surface area contributed by atoms with E-state index in [1.54, 1.807) is 18.2 Å². The van der Waals surface area contributed by atoms with Gasteiger partial charge in [0, 0.05) is 6.04 Å². The molecule has 0 radical (unpaired) electrons. The van der Waals surface area contributed by atoms with E-state index in [1.807, 2.05) is 0 Å². The lowest BCUT2D eigenvalue weighted by Gasteiger charge is -2.17. The Kier molecular flexibility index (Phi) is 4.79. The van der Waals surface area contributed by atoms with Gasteiger partial charge in [-0.25, -0.2) is 4.39 Å². The van der Waals surface area contributed by atoms with Crippen LogP contribution in [0.2, 0.25) is 5.02 Å². The van der Waals surface area contributed by atoms with Crippen molar-refractivity contribution in [2.75, 3.05) is 0 Å². The zero-order valence-electron chi connectivity index (χ0n) is 10.5. The number of hydrogen-bond donors (Lipinski definition) is 1. The van der Waals surface area contributed by atoms with E-state index in [0.717, 1.165) is 19.3 Å². The zero-order chi connectivity index (χ0) is 13.0. The fourth-order valence-electron chi connectivity index (χ4n) is 2.49. The molecule has 0 bridgehead atoms. The fraction of sp³-hybridized carbons (Fsp3) is 0.467. The van der Waals surface area contributed by atoms with Gasteiger partial charge in [-0.2, -0.15) is 0 Å². The Balaban J connectivity index is 1.96. The summed E-state index contributed by atoms with van der Waals surface area (Å²) in [6, 6.07) is 5.07. The lowest BCUT2D eigenvalue weighted by atomic mass is 9.92. The smallest absolute Gasteiger partial charge is 0.145 e. The van der Waals surface area contributed by atoms with Gasteiger partial charge in [0.05, 0.1) is 5.02 Å².